The van der Waals surface area contributed by atoms with Crippen LogP contribution in [-0.2, 0) is 10.8 Å². The van der Waals surface area contributed by atoms with Crippen molar-refractivity contribution in [3.8, 4) is 55.6 Å². The van der Waals surface area contributed by atoms with Crippen LogP contribution in [0.3, 0.4) is 0 Å². The molecule has 1 heteroatoms. The van der Waals surface area contributed by atoms with Crippen LogP contribution in [0.5, 0.6) is 0 Å². The second-order valence-corrected chi connectivity index (χ2v) is 21.4. The first-order valence-corrected chi connectivity index (χ1v) is 25.7. The summed E-state index contributed by atoms with van der Waals surface area (Å²) in [5.41, 5.74) is 23.0. The zero-order chi connectivity index (χ0) is 46.0. The number of fused-ring (bicyclic) bond motifs is 11. The molecule has 0 unspecified atom stereocenters. The zero-order valence-corrected chi connectivity index (χ0v) is 39.4. The van der Waals surface area contributed by atoms with E-state index in [1.165, 1.54) is 133 Å². The number of hydrogen-bond acceptors (Lipinski definition) is 1. The normalized spacial score (nSPS) is 20.5. The third kappa shape index (κ3) is 5.85. The molecule has 4 fully saturated rings. The summed E-state index contributed by atoms with van der Waals surface area (Å²) in [5, 5.41) is 2.51. The summed E-state index contributed by atoms with van der Waals surface area (Å²) in [6.07, 6.45) is 8.62. The lowest BCUT2D eigenvalue weighted by Crippen LogP contribution is -2.48. The van der Waals surface area contributed by atoms with Gasteiger partial charge in [-0.15, -0.1) is 0 Å². The molecule has 1 spiro atoms. The maximum absolute atomic E-state index is 2.54. The predicted octanol–water partition coefficient (Wildman–Crippen LogP) is 18.1. The Bertz CT molecular complexity index is 3600. The van der Waals surface area contributed by atoms with Crippen molar-refractivity contribution < 1.29 is 0 Å². The van der Waals surface area contributed by atoms with Gasteiger partial charge in [0.15, 0.2) is 0 Å². The van der Waals surface area contributed by atoms with Gasteiger partial charge in [0.2, 0.25) is 0 Å². The molecule has 334 valence electrons. The van der Waals surface area contributed by atoms with Gasteiger partial charge >= 0.3 is 0 Å². The summed E-state index contributed by atoms with van der Waals surface area (Å²) in [6, 6.07) is 87.3. The average molecular weight is 896 g/mol. The average Bonchev–Trinajstić information content (AvgIpc) is 3.90. The second kappa shape index (κ2) is 15.4. The smallest absolute Gasteiger partial charge is 0.0726 e. The van der Waals surface area contributed by atoms with Crippen LogP contribution >= 0.6 is 0 Å². The Hall–Kier alpha value is -7.74. The Morgan fingerprint density at radius 2 is 0.829 bits per heavy atom. The van der Waals surface area contributed by atoms with Crippen LogP contribution in [0.4, 0.5) is 17.1 Å². The summed E-state index contributed by atoms with van der Waals surface area (Å²) in [6.45, 7) is 0. The first-order chi connectivity index (χ1) is 34.6. The molecule has 4 saturated carbocycles. The lowest BCUT2D eigenvalue weighted by molar-refractivity contribution is -0.00518. The van der Waals surface area contributed by atoms with E-state index in [-0.39, 0.29) is 0 Å². The highest BCUT2D eigenvalue weighted by molar-refractivity contribution is 6.07. The predicted molar refractivity (Wildman–Crippen MR) is 291 cm³/mol. The van der Waals surface area contributed by atoms with Gasteiger partial charge in [-0.25, -0.2) is 0 Å². The van der Waals surface area contributed by atoms with Gasteiger partial charge in [-0.2, -0.15) is 0 Å². The van der Waals surface area contributed by atoms with E-state index in [2.05, 4.69) is 235 Å². The fraction of sp³-hybridized carbons (Fsp3) is 0.159. The maximum Gasteiger partial charge on any atom is 0.0726 e. The van der Waals surface area contributed by atoms with E-state index in [0.717, 1.165) is 29.1 Å². The van der Waals surface area contributed by atoms with Crippen LogP contribution in [0.15, 0.2) is 231 Å². The van der Waals surface area contributed by atoms with Crippen LogP contribution < -0.4 is 4.90 Å². The molecule has 10 aromatic rings. The largest absolute Gasteiger partial charge is 0.310 e. The number of benzene rings is 10. The fourth-order valence-corrected chi connectivity index (χ4v) is 15.3. The fourth-order valence-electron chi connectivity index (χ4n) is 15.3. The standard InChI is InChI=1S/C69H53N/c1-2-14-50(15-3-1)56-23-11-16-51-17-12-24-57(66(51)56)52-18-10-19-55(41-52)70(54-36-32-49(33-37-54)48-30-34-53(35-31-48)68-42-45-38-46(43-68)40-47(39-45)44-68)65-29-13-28-64-67(65)60-22-6-9-27-63(60)69(64)61-25-7-4-20-58(61)59-21-5-8-26-62(59)69/h1-37,41,45-47H,38-40,42-44H2. The SMILES string of the molecule is c1ccc(-c2cccc3cccc(-c4cccc(N(c5ccc(-c6ccc(C78CC9CC(CC(C9)C7)C8)cc6)cc5)c5cccc6c5-c5ccccc5C65c6ccccc6-c6ccccc65)c4)c23)cc1. The third-order valence-electron chi connectivity index (χ3n) is 17.6. The van der Waals surface area contributed by atoms with Gasteiger partial charge in [0.05, 0.1) is 11.1 Å². The highest BCUT2D eigenvalue weighted by Gasteiger charge is 2.53. The minimum Gasteiger partial charge on any atom is -0.310 e. The van der Waals surface area contributed by atoms with Crippen molar-refractivity contribution in [1.82, 2.24) is 0 Å². The van der Waals surface area contributed by atoms with Crippen LogP contribution in [0.25, 0.3) is 66.4 Å². The molecule has 0 aromatic heterocycles. The van der Waals surface area contributed by atoms with E-state index in [1.54, 1.807) is 5.56 Å². The van der Waals surface area contributed by atoms with E-state index < -0.39 is 5.41 Å². The number of anilines is 3. The Balaban J connectivity index is 0.904. The molecular formula is C69H53N. The van der Waals surface area contributed by atoms with Crippen molar-refractivity contribution in [3.05, 3.63) is 258 Å². The molecule has 70 heavy (non-hydrogen) atoms. The van der Waals surface area contributed by atoms with Crippen molar-refractivity contribution in [2.24, 2.45) is 17.8 Å². The van der Waals surface area contributed by atoms with Gasteiger partial charge in [0.25, 0.3) is 0 Å². The van der Waals surface area contributed by atoms with E-state index in [9.17, 15) is 0 Å². The van der Waals surface area contributed by atoms with Crippen molar-refractivity contribution in [3.63, 3.8) is 0 Å². The molecule has 0 saturated heterocycles. The van der Waals surface area contributed by atoms with Crippen molar-refractivity contribution in [2.45, 2.75) is 49.4 Å². The molecule has 16 rings (SSSR count). The number of hydrogen-bond donors (Lipinski definition) is 0. The molecular weight excluding hydrogens is 843 g/mol. The first-order valence-electron chi connectivity index (χ1n) is 25.7. The van der Waals surface area contributed by atoms with E-state index in [4.69, 9.17) is 0 Å². The summed E-state index contributed by atoms with van der Waals surface area (Å²) in [4.78, 5) is 2.54. The van der Waals surface area contributed by atoms with E-state index in [0.29, 0.717) is 5.41 Å². The summed E-state index contributed by atoms with van der Waals surface area (Å²) < 4.78 is 0. The minimum atomic E-state index is -0.439. The Kier molecular flexibility index (Phi) is 8.83. The van der Waals surface area contributed by atoms with Gasteiger partial charge in [-0.1, -0.05) is 200 Å². The molecule has 0 N–H and O–H groups in total. The lowest BCUT2D eigenvalue weighted by atomic mass is 9.48. The van der Waals surface area contributed by atoms with Crippen molar-refractivity contribution >= 4 is 27.8 Å². The highest BCUT2D eigenvalue weighted by Crippen LogP contribution is 2.65. The molecule has 0 amide bonds. The number of nitrogens with zero attached hydrogens (tertiary/aromatic N) is 1. The summed E-state index contributed by atoms with van der Waals surface area (Å²) in [5.74, 6) is 2.82. The second-order valence-electron chi connectivity index (χ2n) is 21.4. The van der Waals surface area contributed by atoms with Gasteiger partial charge in [0.1, 0.15) is 0 Å². The van der Waals surface area contributed by atoms with E-state index >= 15 is 0 Å². The summed E-state index contributed by atoms with van der Waals surface area (Å²) >= 11 is 0. The monoisotopic (exact) mass is 895 g/mol. The lowest BCUT2D eigenvalue weighted by Gasteiger charge is -2.57. The molecule has 6 aliphatic carbocycles. The quantitative estimate of drug-likeness (QED) is 0.154. The molecule has 0 atom stereocenters. The Morgan fingerprint density at radius 3 is 1.47 bits per heavy atom. The van der Waals surface area contributed by atoms with E-state index in [1.807, 2.05) is 0 Å². The first kappa shape index (κ1) is 40.2. The molecule has 0 heterocycles. The molecule has 1 nitrogen and oxygen atoms in total. The van der Waals surface area contributed by atoms with Gasteiger partial charge in [0, 0.05) is 16.9 Å². The van der Waals surface area contributed by atoms with Gasteiger partial charge in [-0.05, 0) is 181 Å². The number of rotatable bonds is 7. The van der Waals surface area contributed by atoms with Crippen LogP contribution in [0.1, 0.15) is 66.3 Å². The topological polar surface area (TPSA) is 3.24 Å². The maximum atomic E-state index is 2.54. The third-order valence-corrected chi connectivity index (χ3v) is 17.6. The van der Waals surface area contributed by atoms with Crippen LogP contribution in [-0.4, -0.2) is 0 Å². The van der Waals surface area contributed by atoms with Crippen molar-refractivity contribution in [2.75, 3.05) is 4.90 Å². The zero-order valence-electron chi connectivity index (χ0n) is 39.4. The van der Waals surface area contributed by atoms with Gasteiger partial charge in [-0.3, -0.25) is 0 Å². The Labute approximate surface area is 411 Å². The Morgan fingerprint density at radius 1 is 0.343 bits per heavy atom. The molecule has 4 bridgehead atoms. The van der Waals surface area contributed by atoms with Crippen LogP contribution in [0.2, 0.25) is 0 Å². The molecule has 0 aliphatic heterocycles. The molecule has 10 aromatic carbocycles. The summed E-state index contributed by atoms with van der Waals surface area (Å²) in [7, 11) is 0. The minimum absolute atomic E-state index is 0.400. The van der Waals surface area contributed by atoms with Gasteiger partial charge < -0.3 is 4.90 Å². The van der Waals surface area contributed by atoms with Crippen molar-refractivity contribution in [1.29, 1.82) is 0 Å². The molecule has 6 aliphatic rings. The highest BCUT2D eigenvalue weighted by atomic mass is 15.1. The molecule has 0 radical (unpaired) electrons. The van der Waals surface area contributed by atoms with Crippen LogP contribution in [0, 0.1) is 17.8 Å².